The van der Waals surface area contributed by atoms with Gasteiger partial charge in [-0.1, -0.05) is 19.1 Å². The molecule has 0 bridgehead atoms. The predicted molar refractivity (Wildman–Crippen MR) is 64.6 cm³/mol. The Labute approximate surface area is 99.2 Å². The lowest BCUT2D eigenvalue weighted by atomic mass is 9.94. The first kappa shape index (κ1) is 12.1. The second-order valence-corrected chi connectivity index (χ2v) is 4.12. The van der Waals surface area contributed by atoms with Crippen LogP contribution in [-0.4, -0.2) is 24.9 Å². The van der Waals surface area contributed by atoms with Crippen LogP contribution in [0.4, 0.5) is 4.39 Å². The molecule has 2 N–H and O–H groups in total. The van der Waals surface area contributed by atoms with Crippen LogP contribution in [0.2, 0.25) is 0 Å². The van der Waals surface area contributed by atoms with E-state index in [1.165, 1.54) is 0 Å². The first-order valence-corrected chi connectivity index (χ1v) is 5.66. The molecule has 92 valence electrons. The molecule has 0 fully saturated rings. The molecule has 0 radical (unpaired) electrons. The summed E-state index contributed by atoms with van der Waals surface area (Å²) in [7, 11) is 0. The molecule has 1 aromatic carbocycles. The number of fused-ring (bicyclic) bond motifs is 1. The summed E-state index contributed by atoms with van der Waals surface area (Å²) in [4.78, 5) is 0. The van der Waals surface area contributed by atoms with E-state index >= 15 is 0 Å². The van der Waals surface area contributed by atoms with Gasteiger partial charge in [0.25, 0.3) is 0 Å². The SMILES string of the molecule is CCNCC(O)(CF)c1ccc2ccoc2c1. The lowest BCUT2D eigenvalue weighted by Crippen LogP contribution is -2.40. The van der Waals surface area contributed by atoms with Gasteiger partial charge in [-0.2, -0.15) is 0 Å². The molecule has 2 aromatic rings. The molecule has 0 saturated heterocycles. The van der Waals surface area contributed by atoms with Gasteiger partial charge in [-0.15, -0.1) is 0 Å². The van der Waals surface area contributed by atoms with E-state index < -0.39 is 12.3 Å². The third-order valence-corrected chi connectivity index (χ3v) is 2.88. The summed E-state index contributed by atoms with van der Waals surface area (Å²) in [6.07, 6.45) is 1.58. The van der Waals surface area contributed by atoms with Crippen molar-refractivity contribution in [3.8, 4) is 0 Å². The fraction of sp³-hybridized carbons (Fsp3) is 0.385. The number of alkyl halides is 1. The number of likely N-dealkylation sites (N-methyl/N-ethyl adjacent to an activating group) is 1. The van der Waals surface area contributed by atoms with Crippen molar-refractivity contribution in [2.45, 2.75) is 12.5 Å². The van der Waals surface area contributed by atoms with Crippen LogP contribution in [0, 0.1) is 0 Å². The summed E-state index contributed by atoms with van der Waals surface area (Å²) in [5, 5.41) is 14.1. The average molecular weight is 237 g/mol. The highest BCUT2D eigenvalue weighted by molar-refractivity contribution is 5.77. The lowest BCUT2D eigenvalue weighted by molar-refractivity contribution is 0.0122. The lowest BCUT2D eigenvalue weighted by Gasteiger charge is -2.25. The van der Waals surface area contributed by atoms with Crippen molar-refractivity contribution < 1.29 is 13.9 Å². The summed E-state index contributed by atoms with van der Waals surface area (Å²) in [5.41, 5.74) is -0.300. The Balaban J connectivity index is 2.34. The van der Waals surface area contributed by atoms with Gasteiger partial charge in [-0.25, -0.2) is 4.39 Å². The second kappa shape index (κ2) is 4.85. The van der Waals surface area contributed by atoms with E-state index in [-0.39, 0.29) is 6.54 Å². The minimum absolute atomic E-state index is 0.187. The van der Waals surface area contributed by atoms with Gasteiger partial charge in [-0.05, 0) is 24.2 Å². The van der Waals surface area contributed by atoms with Crippen molar-refractivity contribution in [2.75, 3.05) is 19.8 Å². The third kappa shape index (κ3) is 2.33. The first-order valence-electron chi connectivity index (χ1n) is 5.66. The van der Waals surface area contributed by atoms with Crippen molar-refractivity contribution in [3.63, 3.8) is 0 Å². The molecule has 1 atom stereocenters. The number of furan rings is 1. The van der Waals surface area contributed by atoms with Crippen LogP contribution < -0.4 is 5.32 Å². The van der Waals surface area contributed by atoms with Crippen molar-refractivity contribution in [3.05, 3.63) is 36.1 Å². The molecule has 0 saturated carbocycles. The van der Waals surface area contributed by atoms with Crippen LogP contribution in [0.3, 0.4) is 0 Å². The van der Waals surface area contributed by atoms with E-state index in [2.05, 4.69) is 5.32 Å². The molecule has 3 nitrogen and oxygen atoms in total. The van der Waals surface area contributed by atoms with Crippen molar-refractivity contribution in [1.82, 2.24) is 5.32 Å². The predicted octanol–water partition coefficient (Wildman–Crippen LogP) is 2.20. The van der Waals surface area contributed by atoms with Gasteiger partial charge in [0.05, 0.1) is 6.26 Å². The van der Waals surface area contributed by atoms with E-state index in [1.807, 2.05) is 19.1 Å². The minimum atomic E-state index is -1.49. The van der Waals surface area contributed by atoms with Crippen molar-refractivity contribution >= 4 is 11.0 Å². The summed E-state index contributed by atoms with van der Waals surface area (Å²) >= 11 is 0. The highest BCUT2D eigenvalue weighted by Gasteiger charge is 2.29. The van der Waals surface area contributed by atoms with Gasteiger partial charge < -0.3 is 14.8 Å². The smallest absolute Gasteiger partial charge is 0.134 e. The molecular formula is C13H16FNO2. The minimum Gasteiger partial charge on any atom is -0.464 e. The molecule has 0 amide bonds. The van der Waals surface area contributed by atoms with Crippen molar-refractivity contribution in [1.29, 1.82) is 0 Å². The molecule has 1 unspecified atom stereocenters. The molecule has 0 aliphatic rings. The van der Waals surface area contributed by atoms with Crippen LogP contribution in [0.25, 0.3) is 11.0 Å². The van der Waals surface area contributed by atoms with Crippen LogP contribution >= 0.6 is 0 Å². The fourth-order valence-electron chi connectivity index (χ4n) is 1.80. The number of hydrogen-bond acceptors (Lipinski definition) is 3. The number of rotatable bonds is 5. The quantitative estimate of drug-likeness (QED) is 0.838. The fourth-order valence-corrected chi connectivity index (χ4v) is 1.80. The highest BCUT2D eigenvalue weighted by atomic mass is 19.1. The van der Waals surface area contributed by atoms with Crippen LogP contribution in [0.15, 0.2) is 34.9 Å². The molecule has 1 heterocycles. The summed E-state index contributed by atoms with van der Waals surface area (Å²) in [6, 6.07) is 7.07. The van der Waals surface area contributed by atoms with Gasteiger partial charge in [0.2, 0.25) is 0 Å². The summed E-state index contributed by atoms with van der Waals surface area (Å²) < 4.78 is 18.3. The normalized spacial score (nSPS) is 15.0. The largest absolute Gasteiger partial charge is 0.464 e. The molecule has 0 spiro atoms. The Kier molecular flexibility index (Phi) is 3.45. The Morgan fingerprint density at radius 1 is 1.41 bits per heavy atom. The second-order valence-electron chi connectivity index (χ2n) is 4.12. The zero-order valence-corrected chi connectivity index (χ0v) is 9.74. The maximum atomic E-state index is 13.1. The molecular weight excluding hydrogens is 221 g/mol. The number of nitrogens with one attached hydrogen (secondary N) is 1. The van der Waals surface area contributed by atoms with Crippen LogP contribution in [0.5, 0.6) is 0 Å². The standard InChI is InChI=1S/C13H16FNO2/c1-2-15-9-13(16,8-14)11-4-3-10-5-6-17-12(10)7-11/h3-7,15-16H,2,8-9H2,1H3. The summed E-state index contributed by atoms with van der Waals surface area (Å²) in [6.45, 7) is 1.96. The highest BCUT2D eigenvalue weighted by Crippen LogP contribution is 2.26. The first-order chi connectivity index (χ1) is 8.19. The zero-order chi connectivity index (χ0) is 12.3. The zero-order valence-electron chi connectivity index (χ0n) is 9.74. The van der Waals surface area contributed by atoms with E-state index in [9.17, 15) is 9.50 Å². The monoisotopic (exact) mass is 237 g/mol. The molecule has 0 aliphatic heterocycles. The third-order valence-electron chi connectivity index (χ3n) is 2.88. The summed E-state index contributed by atoms with van der Waals surface area (Å²) in [5.74, 6) is 0. The Hall–Kier alpha value is -1.39. The van der Waals surface area contributed by atoms with Gasteiger partial charge in [0.1, 0.15) is 17.9 Å². The maximum absolute atomic E-state index is 13.1. The molecule has 0 aliphatic carbocycles. The van der Waals surface area contributed by atoms with Crippen LogP contribution in [-0.2, 0) is 5.60 Å². The van der Waals surface area contributed by atoms with Crippen molar-refractivity contribution in [2.24, 2.45) is 0 Å². The van der Waals surface area contributed by atoms with Crippen LogP contribution in [0.1, 0.15) is 12.5 Å². The molecule has 2 rings (SSSR count). The number of hydrogen-bond donors (Lipinski definition) is 2. The van der Waals surface area contributed by atoms with E-state index in [1.54, 1.807) is 18.4 Å². The number of benzene rings is 1. The molecule has 17 heavy (non-hydrogen) atoms. The van der Waals surface area contributed by atoms with E-state index in [0.717, 1.165) is 5.39 Å². The molecule has 4 heteroatoms. The van der Waals surface area contributed by atoms with Gasteiger partial charge >= 0.3 is 0 Å². The Morgan fingerprint density at radius 2 is 2.24 bits per heavy atom. The van der Waals surface area contributed by atoms with E-state index in [0.29, 0.717) is 17.7 Å². The topological polar surface area (TPSA) is 45.4 Å². The van der Waals surface area contributed by atoms with Gasteiger partial charge in [0.15, 0.2) is 0 Å². The van der Waals surface area contributed by atoms with E-state index in [4.69, 9.17) is 4.42 Å². The Bertz CT molecular complexity index is 497. The number of halogens is 1. The average Bonchev–Trinajstić information content (AvgIpc) is 2.83. The van der Waals surface area contributed by atoms with Gasteiger partial charge in [-0.3, -0.25) is 0 Å². The van der Waals surface area contributed by atoms with Gasteiger partial charge in [0, 0.05) is 11.9 Å². The Morgan fingerprint density at radius 3 is 2.94 bits per heavy atom. The molecule has 1 aromatic heterocycles. The number of aliphatic hydroxyl groups is 1. The maximum Gasteiger partial charge on any atom is 0.134 e.